The Balaban J connectivity index is -0.0000000886. The molecule has 0 saturated carbocycles. The molecule has 0 aliphatic carbocycles. The van der Waals surface area contributed by atoms with Gasteiger partial charge in [-0.2, -0.15) is 0 Å². The van der Waals surface area contributed by atoms with E-state index in [1.807, 2.05) is 0 Å². The van der Waals surface area contributed by atoms with Crippen molar-refractivity contribution in [3.63, 3.8) is 0 Å². The summed E-state index contributed by atoms with van der Waals surface area (Å²) in [5.74, 6) is 0. The van der Waals surface area contributed by atoms with E-state index >= 15 is 0 Å². The summed E-state index contributed by atoms with van der Waals surface area (Å²) in [4.78, 5) is 0. The molecule has 76 valence electrons. The molecule has 0 radical (unpaired) electrons. The molecule has 0 atom stereocenters. The summed E-state index contributed by atoms with van der Waals surface area (Å²) >= 11 is -0.106. The van der Waals surface area contributed by atoms with Crippen molar-refractivity contribution in [1.82, 2.24) is 0 Å². The van der Waals surface area contributed by atoms with Gasteiger partial charge in [0, 0.05) is 26.2 Å². The van der Waals surface area contributed by atoms with Crippen LogP contribution >= 0.6 is 19.1 Å². The summed E-state index contributed by atoms with van der Waals surface area (Å²) in [5, 5.41) is 0. The van der Waals surface area contributed by atoms with E-state index in [9.17, 15) is 0 Å². The number of hydrogen-bond acceptors (Lipinski definition) is 4. The molecule has 0 unspecified atom stereocenters. The van der Waals surface area contributed by atoms with Gasteiger partial charge in [-0.25, -0.2) is 0 Å². The molecule has 0 rings (SSSR count). The number of hydrogen-bond donors (Lipinski definition) is 4. The van der Waals surface area contributed by atoms with E-state index in [-0.39, 0.29) is 15.9 Å². The van der Waals surface area contributed by atoms with Crippen molar-refractivity contribution in [2.45, 2.75) is 0 Å². The van der Waals surface area contributed by atoms with Crippen LogP contribution in [0, 0.1) is 0 Å². The molecule has 4 nitrogen and oxygen atoms in total. The topological polar surface area (TPSA) is 104 Å². The fourth-order valence-electron chi connectivity index (χ4n) is 0. The Bertz CT molecular complexity index is 35.3. The first-order valence-corrected chi connectivity index (χ1v) is 6.88. The van der Waals surface area contributed by atoms with Crippen LogP contribution in [-0.4, -0.2) is 26.2 Å². The van der Waals surface area contributed by atoms with Crippen LogP contribution in [0.1, 0.15) is 0 Å². The van der Waals surface area contributed by atoms with Crippen molar-refractivity contribution in [3.05, 3.63) is 0 Å². The second kappa shape index (κ2) is 30.5. The number of rotatable bonds is 2. The standard InChI is InChI=1S/2C2H8N2.2ClH.Pd/c2*3-1-2-4;;;/h2*1-4H2;2*1H;/q;;;;+2/p-2. The van der Waals surface area contributed by atoms with Crippen LogP contribution in [0.25, 0.3) is 0 Å². The van der Waals surface area contributed by atoms with Crippen LogP contribution in [0.2, 0.25) is 0 Å². The molecule has 0 aromatic heterocycles. The third-order valence-corrected chi connectivity index (χ3v) is 0.333. The maximum atomic E-state index is 4.90. The normalized spacial score (nSPS) is 7.45. The zero-order valence-electron chi connectivity index (χ0n) is 6.21. The van der Waals surface area contributed by atoms with Crippen LogP contribution in [0.3, 0.4) is 0 Å². The molecular weight excluding hydrogens is 281 g/mol. The molecule has 0 aromatic rings. The van der Waals surface area contributed by atoms with Gasteiger partial charge < -0.3 is 22.9 Å². The summed E-state index contributed by atoms with van der Waals surface area (Å²) in [6, 6.07) is 0. The molecule has 0 aromatic carbocycles. The monoisotopic (exact) mass is 296 g/mol. The van der Waals surface area contributed by atoms with Gasteiger partial charge in [0.25, 0.3) is 0 Å². The predicted octanol–water partition coefficient (Wildman–Crippen LogP) is -0.816. The fourth-order valence-corrected chi connectivity index (χ4v) is 0. The van der Waals surface area contributed by atoms with Crippen LogP contribution in [0.5, 0.6) is 0 Å². The van der Waals surface area contributed by atoms with E-state index in [1.54, 1.807) is 0 Å². The van der Waals surface area contributed by atoms with Gasteiger partial charge in [0.2, 0.25) is 0 Å². The third kappa shape index (κ3) is 96.2. The zero-order valence-corrected chi connectivity index (χ0v) is 9.28. The average molecular weight is 298 g/mol. The van der Waals surface area contributed by atoms with Crippen molar-refractivity contribution in [2.75, 3.05) is 26.2 Å². The fraction of sp³-hybridized carbons (Fsp3) is 1.00. The van der Waals surface area contributed by atoms with Gasteiger partial charge in [-0.15, -0.1) is 0 Å². The molecular formula is C4H16Cl2N4Pd. The van der Waals surface area contributed by atoms with Gasteiger partial charge in [-0.1, -0.05) is 0 Å². The van der Waals surface area contributed by atoms with E-state index in [4.69, 9.17) is 42.0 Å². The van der Waals surface area contributed by atoms with Crippen molar-refractivity contribution < 1.29 is 15.9 Å². The quantitative estimate of drug-likeness (QED) is 0.500. The molecule has 8 N–H and O–H groups in total. The second-order valence-corrected chi connectivity index (χ2v) is 3.56. The molecule has 0 saturated heterocycles. The SMILES string of the molecule is NCCN.NCCN.[Cl][Pd][Cl]. The van der Waals surface area contributed by atoms with E-state index in [1.165, 1.54) is 0 Å². The first-order valence-electron chi connectivity index (χ1n) is 2.87. The number of nitrogens with two attached hydrogens (primary N) is 4. The van der Waals surface area contributed by atoms with Gasteiger partial charge in [0.05, 0.1) is 0 Å². The number of halogens is 2. The van der Waals surface area contributed by atoms with E-state index in [0.29, 0.717) is 26.2 Å². The van der Waals surface area contributed by atoms with Crippen molar-refractivity contribution in [1.29, 1.82) is 0 Å². The second-order valence-electron chi connectivity index (χ2n) is 1.20. The van der Waals surface area contributed by atoms with Gasteiger partial charge in [-0.3, -0.25) is 0 Å². The van der Waals surface area contributed by atoms with Crippen molar-refractivity contribution in [3.8, 4) is 0 Å². The van der Waals surface area contributed by atoms with Gasteiger partial charge in [0.15, 0.2) is 0 Å². The van der Waals surface area contributed by atoms with Crippen LogP contribution in [-0.2, 0) is 15.9 Å². The minimum absolute atomic E-state index is 0.106. The minimum atomic E-state index is -0.106. The summed E-state index contributed by atoms with van der Waals surface area (Å²) in [5.41, 5.74) is 19.6. The Kier molecular flexibility index (Phi) is 49.8. The molecule has 11 heavy (non-hydrogen) atoms. The predicted molar refractivity (Wildman–Crippen MR) is 47.9 cm³/mol. The van der Waals surface area contributed by atoms with Crippen molar-refractivity contribution >= 4 is 19.1 Å². The van der Waals surface area contributed by atoms with Gasteiger partial charge >= 0.3 is 35.0 Å². The molecule has 0 fully saturated rings. The Morgan fingerprint density at radius 3 is 0.818 bits per heavy atom. The Morgan fingerprint density at radius 1 is 0.727 bits per heavy atom. The van der Waals surface area contributed by atoms with Crippen LogP contribution < -0.4 is 22.9 Å². The summed E-state index contributed by atoms with van der Waals surface area (Å²) < 4.78 is 0. The molecule has 7 heteroatoms. The first-order chi connectivity index (χ1) is 5.24. The van der Waals surface area contributed by atoms with Crippen molar-refractivity contribution in [2.24, 2.45) is 22.9 Å². The van der Waals surface area contributed by atoms with Gasteiger partial charge in [0.1, 0.15) is 0 Å². The molecule has 0 amide bonds. The average Bonchev–Trinajstić information content (AvgIpc) is 2.06. The molecule has 0 aliphatic heterocycles. The Morgan fingerprint density at radius 2 is 0.818 bits per heavy atom. The summed E-state index contributed by atoms with van der Waals surface area (Å²) in [6.45, 7) is 2.39. The summed E-state index contributed by atoms with van der Waals surface area (Å²) in [7, 11) is 9.63. The van der Waals surface area contributed by atoms with E-state index in [0.717, 1.165) is 0 Å². The van der Waals surface area contributed by atoms with Crippen LogP contribution in [0.15, 0.2) is 0 Å². The third-order valence-electron chi connectivity index (χ3n) is 0.333. The Hall–Kier alpha value is 1.08. The molecule has 0 spiro atoms. The molecule has 0 bridgehead atoms. The van der Waals surface area contributed by atoms with Gasteiger partial charge in [-0.05, 0) is 0 Å². The first kappa shape index (κ1) is 18.0. The maximum absolute atomic E-state index is 4.90. The molecule has 0 aliphatic rings. The Labute approximate surface area is 84.0 Å². The summed E-state index contributed by atoms with van der Waals surface area (Å²) in [6.07, 6.45) is 0. The van der Waals surface area contributed by atoms with E-state index in [2.05, 4.69) is 0 Å². The molecule has 0 heterocycles. The zero-order chi connectivity index (χ0) is 9.54. The van der Waals surface area contributed by atoms with E-state index < -0.39 is 0 Å². The van der Waals surface area contributed by atoms with Crippen LogP contribution in [0.4, 0.5) is 0 Å².